The third kappa shape index (κ3) is 6.70. The van der Waals surface area contributed by atoms with Crippen LogP contribution in [-0.2, 0) is 10.0 Å². The van der Waals surface area contributed by atoms with Crippen molar-refractivity contribution in [3.63, 3.8) is 0 Å². The van der Waals surface area contributed by atoms with Crippen molar-refractivity contribution in [2.24, 2.45) is 5.92 Å². The van der Waals surface area contributed by atoms with E-state index in [1.165, 1.54) is 46.6 Å². The van der Waals surface area contributed by atoms with Gasteiger partial charge in [0.1, 0.15) is 23.2 Å². The van der Waals surface area contributed by atoms with Gasteiger partial charge in [0.25, 0.3) is 5.91 Å². The highest BCUT2D eigenvalue weighted by Gasteiger charge is 2.35. The van der Waals surface area contributed by atoms with Crippen LogP contribution in [0.1, 0.15) is 35.7 Å². The van der Waals surface area contributed by atoms with Crippen LogP contribution in [0.2, 0.25) is 5.02 Å². The van der Waals surface area contributed by atoms with Crippen molar-refractivity contribution in [3.05, 3.63) is 64.5 Å². The summed E-state index contributed by atoms with van der Waals surface area (Å²) in [7, 11) is -2.40. The summed E-state index contributed by atoms with van der Waals surface area (Å²) >= 11 is 5.93. The van der Waals surface area contributed by atoms with Gasteiger partial charge < -0.3 is 29.9 Å². The lowest BCUT2D eigenvalue weighted by Crippen LogP contribution is -2.50. The molecule has 3 amide bonds. The van der Waals surface area contributed by atoms with E-state index < -0.39 is 34.1 Å². The van der Waals surface area contributed by atoms with Crippen molar-refractivity contribution >= 4 is 44.9 Å². The smallest absolute Gasteiger partial charge is 0.323 e. The fourth-order valence-electron chi connectivity index (χ4n) is 4.59. The zero-order valence-corrected chi connectivity index (χ0v) is 25.5. The molecule has 0 fully saturated rings. The number of anilines is 2. The molecule has 0 spiro atoms. The zero-order valence-electron chi connectivity index (χ0n) is 23.9. The van der Waals surface area contributed by atoms with Crippen LogP contribution >= 0.6 is 11.6 Å². The summed E-state index contributed by atoms with van der Waals surface area (Å²) in [5, 5.41) is 19.5. The molecule has 226 valence electrons. The number of carbonyl (C=O) groups is 2. The maximum absolute atomic E-state index is 13.7. The highest BCUT2D eigenvalue weighted by Crippen LogP contribution is 2.31. The Morgan fingerprint density at radius 1 is 1.21 bits per heavy atom. The number of urea groups is 1. The number of aliphatic hydroxyl groups is 1. The highest BCUT2D eigenvalue weighted by atomic mass is 35.5. The van der Waals surface area contributed by atoms with E-state index >= 15 is 0 Å². The van der Waals surface area contributed by atoms with Gasteiger partial charge in [-0.15, -0.1) is 0 Å². The van der Waals surface area contributed by atoms with Gasteiger partial charge in [0.15, 0.2) is 5.76 Å². The van der Waals surface area contributed by atoms with E-state index in [2.05, 4.69) is 15.8 Å². The summed E-state index contributed by atoms with van der Waals surface area (Å²) in [4.78, 5) is 28.0. The van der Waals surface area contributed by atoms with Gasteiger partial charge in [-0.1, -0.05) is 23.7 Å². The first-order valence-corrected chi connectivity index (χ1v) is 15.1. The first-order chi connectivity index (χ1) is 19.8. The Morgan fingerprint density at radius 3 is 2.52 bits per heavy atom. The van der Waals surface area contributed by atoms with Crippen molar-refractivity contribution < 1.29 is 32.4 Å². The van der Waals surface area contributed by atoms with Gasteiger partial charge in [-0.3, -0.25) is 4.79 Å². The normalized spacial score (nSPS) is 18.1. The number of amides is 3. The van der Waals surface area contributed by atoms with E-state index in [1.807, 2.05) is 6.92 Å². The molecule has 0 saturated heterocycles. The Labute approximate surface area is 249 Å². The molecule has 4 rings (SSSR count). The molecule has 42 heavy (non-hydrogen) atoms. The number of aromatic nitrogens is 1. The molecular weight excluding hydrogens is 586 g/mol. The largest absolute Gasteiger partial charge is 0.488 e. The molecule has 3 aromatic rings. The van der Waals surface area contributed by atoms with E-state index in [4.69, 9.17) is 20.9 Å². The van der Waals surface area contributed by atoms with Gasteiger partial charge >= 0.3 is 6.03 Å². The molecule has 0 aliphatic carbocycles. The molecule has 3 atom stereocenters. The Morgan fingerprint density at radius 2 is 1.90 bits per heavy atom. The number of sulfonamides is 1. The molecular formula is C28H34ClN5O7S. The first-order valence-electron chi connectivity index (χ1n) is 13.3. The summed E-state index contributed by atoms with van der Waals surface area (Å²) in [6.45, 7) is 6.85. The van der Waals surface area contributed by atoms with E-state index in [9.17, 15) is 23.1 Å². The van der Waals surface area contributed by atoms with Crippen LogP contribution in [0.5, 0.6) is 5.75 Å². The van der Waals surface area contributed by atoms with Crippen LogP contribution in [0.4, 0.5) is 16.2 Å². The zero-order chi connectivity index (χ0) is 30.8. The molecule has 0 radical (unpaired) electrons. The van der Waals surface area contributed by atoms with Crippen molar-refractivity contribution in [1.82, 2.24) is 14.4 Å². The number of nitrogens with one attached hydrogen (secondary N) is 2. The topological polar surface area (TPSA) is 154 Å². The van der Waals surface area contributed by atoms with E-state index in [-0.39, 0.29) is 41.8 Å². The minimum Gasteiger partial charge on any atom is -0.488 e. The van der Waals surface area contributed by atoms with Crippen LogP contribution in [0, 0.1) is 19.8 Å². The Balaban J connectivity index is 1.62. The van der Waals surface area contributed by atoms with Crippen LogP contribution in [0.15, 0.2) is 51.9 Å². The summed E-state index contributed by atoms with van der Waals surface area (Å²) < 4.78 is 39.1. The predicted molar refractivity (Wildman–Crippen MR) is 157 cm³/mol. The number of hydrogen-bond acceptors (Lipinski definition) is 8. The van der Waals surface area contributed by atoms with Gasteiger partial charge in [-0.2, -0.15) is 4.31 Å². The standard InChI is InChI=1S/C28H34ClN5O7S/c1-16-13-34(17(2)15-35)27(36)23-12-21(30-28(37)31-26-18(3)32-41-19(26)4)8-11-24(23)40-25(16)14-33(5)42(38,39)22-9-6-20(29)7-10-22/h6-12,16-17,25,35H,13-15H2,1-5H3,(H2,30,31,37)/t16-,17+,25+/m0/s1. The number of fused-ring (bicyclic) bond motifs is 1. The van der Waals surface area contributed by atoms with Crippen LogP contribution in [-0.4, -0.2) is 78.7 Å². The Bertz CT molecular complexity index is 1540. The average molecular weight is 620 g/mol. The number of hydrogen-bond donors (Lipinski definition) is 3. The summed E-state index contributed by atoms with van der Waals surface area (Å²) in [6.07, 6.45) is -0.654. The van der Waals surface area contributed by atoms with Gasteiger partial charge in [0.2, 0.25) is 10.0 Å². The molecule has 1 aliphatic heterocycles. The molecule has 2 aromatic carbocycles. The maximum Gasteiger partial charge on any atom is 0.323 e. The summed E-state index contributed by atoms with van der Waals surface area (Å²) in [5.41, 5.74) is 1.43. The molecule has 12 nitrogen and oxygen atoms in total. The third-order valence-electron chi connectivity index (χ3n) is 7.15. The molecule has 14 heteroatoms. The predicted octanol–water partition coefficient (Wildman–Crippen LogP) is 4.13. The molecule has 0 saturated carbocycles. The third-order valence-corrected chi connectivity index (χ3v) is 9.24. The van der Waals surface area contributed by atoms with Gasteiger partial charge in [-0.25, -0.2) is 13.2 Å². The minimum atomic E-state index is -3.86. The van der Waals surface area contributed by atoms with E-state index in [1.54, 1.807) is 32.9 Å². The maximum atomic E-state index is 13.7. The number of rotatable bonds is 8. The number of aliphatic hydroxyl groups excluding tert-OH is 1. The van der Waals surface area contributed by atoms with Gasteiger partial charge in [0.05, 0.1) is 29.7 Å². The summed E-state index contributed by atoms with van der Waals surface area (Å²) in [6, 6.07) is 9.42. The van der Waals surface area contributed by atoms with Crippen molar-refractivity contribution in [1.29, 1.82) is 0 Å². The number of carbonyl (C=O) groups excluding carboxylic acids is 2. The fourth-order valence-corrected chi connectivity index (χ4v) is 5.90. The number of benzene rings is 2. The second-order valence-electron chi connectivity index (χ2n) is 10.4. The van der Waals surface area contributed by atoms with Crippen LogP contribution in [0.3, 0.4) is 0 Å². The molecule has 0 unspecified atom stereocenters. The SMILES string of the molecule is Cc1noc(C)c1NC(=O)Nc1ccc2c(c1)C(=O)N([C@H](C)CO)C[C@H](C)[C@@H](CN(C)S(=O)(=O)c1ccc(Cl)cc1)O2. The molecule has 1 aromatic heterocycles. The number of likely N-dealkylation sites (N-methyl/N-ethyl adjacent to an activating group) is 1. The average Bonchev–Trinajstić information content (AvgIpc) is 3.26. The number of ether oxygens (including phenoxy) is 1. The lowest BCUT2D eigenvalue weighted by atomic mass is 9.99. The number of halogens is 1. The molecule has 1 aliphatic rings. The summed E-state index contributed by atoms with van der Waals surface area (Å²) in [5.74, 6) is -0.0340. The number of nitrogens with zero attached hydrogens (tertiary/aromatic N) is 3. The van der Waals surface area contributed by atoms with E-state index in [0.717, 1.165) is 0 Å². The Hall–Kier alpha value is -3.65. The molecule has 3 N–H and O–H groups in total. The monoisotopic (exact) mass is 619 g/mol. The van der Waals surface area contributed by atoms with E-state index in [0.29, 0.717) is 27.9 Å². The number of aryl methyl sites for hydroxylation is 2. The van der Waals surface area contributed by atoms with Gasteiger partial charge in [-0.05, 0) is 63.2 Å². The van der Waals surface area contributed by atoms with Crippen LogP contribution < -0.4 is 15.4 Å². The fraction of sp³-hybridized carbons (Fsp3) is 0.393. The molecule has 0 bridgehead atoms. The second-order valence-corrected chi connectivity index (χ2v) is 12.8. The van der Waals surface area contributed by atoms with Gasteiger partial charge in [0, 0.05) is 30.2 Å². The quantitative estimate of drug-likeness (QED) is 0.340. The van der Waals surface area contributed by atoms with Crippen molar-refractivity contribution in [3.8, 4) is 5.75 Å². The Kier molecular flexibility index (Phi) is 9.46. The highest BCUT2D eigenvalue weighted by molar-refractivity contribution is 7.89. The second kappa shape index (κ2) is 12.7. The lowest BCUT2D eigenvalue weighted by Gasteiger charge is -2.38. The first kappa shape index (κ1) is 31.3. The van der Waals surface area contributed by atoms with Crippen molar-refractivity contribution in [2.75, 3.05) is 37.4 Å². The van der Waals surface area contributed by atoms with Crippen LogP contribution in [0.25, 0.3) is 0 Å². The minimum absolute atomic E-state index is 0.0129. The van der Waals surface area contributed by atoms with Crippen molar-refractivity contribution in [2.45, 2.75) is 44.7 Å². The lowest BCUT2D eigenvalue weighted by molar-refractivity contribution is 0.0387. The molecule has 2 heterocycles.